The summed E-state index contributed by atoms with van der Waals surface area (Å²) in [6.45, 7) is 0.743. The topological polar surface area (TPSA) is 36.4 Å². The van der Waals surface area contributed by atoms with Crippen molar-refractivity contribution in [3.05, 3.63) is 71.8 Å². The van der Waals surface area contributed by atoms with Crippen LogP contribution in [0.1, 0.15) is 11.1 Å². The number of hydrazine groups is 1. The van der Waals surface area contributed by atoms with Crippen molar-refractivity contribution in [2.45, 2.75) is 6.54 Å². The highest BCUT2D eigenvalue weighted by Gasteiger charge is 1.87. The fourth-order valence-corrected chi connectivity index (χ4v) is 1.43. The first-order valence-corrected chi connectivity index (χ1v) is 5.55. The summed E-state index contributed by atoms with van der Waals surface area (Å²) in [6, 6.07) is 20.1. The van der Waals surface area contributed by atoms with Gasteiger partial charge in [0.15, 0.2) is 0 Å². The molecule has 0 unspecified atom stereocenters. The molecular weight excluding hydrogens is 210 g/mol. The second-order valence-corrected chi connectivity index (χ2v) is 3.62. The minimum Gasteiger partial charge on any atom is -0.243 e. The lowest BCUT2D eigenvalue weighted by Crippen LogP contribution is -2.26. The van der Waals surface area contributed by atoms with Gasteiger partial charge in [-0.1, -0.05) is 60.7 Å². The number of nitrogens with one attached hydrogen (secondary N) is 2. The number of hydrogen-bond donors (Lipinski definition) is 2. The van der Waals surface area contributed by atoms with Crippen LogP contribution < -0.4 is 11.0 Å². The Morgan fingerprint density at radius 3 is 2.24 bits per heavy atom. The largest absolute Gasteiger partial charge is 0.243 e. The highest BCUT2D eigenvalue weighted by atomic mass is 15.5. The van der Waals surface area contributed by atoms with Crippen LogP contribution >= 0.6 is 0 Å². The predicted octanol–water partition coefficient (Wildman–Crippen LogP) is 2.31. The molecule has 0 saturated carbocycles. The van der Waals surface area contributed by atoms with Crippen LogP contribution in [0.25, 0.3) is 0 Å². The summed E-state index contributed by atoms with van der Waals surface area (Å²) in [6.07, 6.45) is 1.78. The molecule has 0 saturated heterocycles. The molecule has 0 atom stereocenters. The second kappa shape index (κ2) is 6.45. The van der Waals surface area contributed by atoms with Crippen LogP contribution in [0.15, 0.2) is 65.8 Å². The van der Waals surface area contributed by atoms with Crippen LogP contribution in [-0.4, -0.2) is 6.21 Å². The van der Waals surface area contributed by atoms with Gasteiger partial charge in [0.25, 0.3) is 0 Å². The van der Waals surface area contributed by atoms with Gasteiger partial charge in [-0.25, -0.2) is 11.0 Å². The SMILES string of the molecule is C(=N\NNCc1ccccc1)/c1ccccc1. The molecule has 0 amide bonds. The molecule has 0 radical (unpaired) electrons. The van der Waals surface area contributed by atoms with Gasteiger partial charge < -0.3 is 0 Å². The van der Waals surface area contributed by atoms with Gasteiger partial charge >= 0.3 is 0 Å². The molecule has 2 rings (SSSR count). The monoisotopic (exact) mass is 225 g/mol. The van der Waals surface area contributed by atoms with Crippen LogP contribution in [0, 0.1) is 0 Å². The fourth-order valence-electron chi connectivity index (χ4n) is 1.43. The zero-order valence-corrected chi connectivity index (χ0v) is 9.51. The summed E-state index contributed by atoms with van der Waals surface area (Å²) in [5, 5.41) is 4.07. The Kier molecular flexibility index (Phi) is 4.31. The third kappa shape index (κ3) is 4.09. The Balaban J connectivity index is 1.72. The zero-order valence-electron chi connectivity index (χ0n) is 9.51. The van der Waals surface area contributed by atoms with Crippen LogP contribution in [-0.2, 0) is 6.54 Å². The Hall–Kier alpha value is -2.13. The predicted molar refractivity (Wildman–Crippen MR) is 70.5 cm³/mol. The lowest BCUT2D eigenvalue weighted by molar-refractivity contribution is 0.557. The van der Waals surface area contributed by atoms with Crippen molar-refractivity contribution >= 4 is 6.21 Å². The van der Waals surface area contributed by atoms with E-state index in [0.29, 0.717) is 0 Å². The molecule has 2 aromatic carbocycles. The molecule has 0 aliphatic heterocycles. The Labute approximate surface area is 101 Å². The minimum absolute atomic E-state index is 0.743. The highest BCUT2D eigenvalue weighted by Crippen LogP contribution is 1.96. The minimum atomic E-state index is 0.743. The average Bonchev–Trinajstić information content (AvgIpc) is 2.41. The van der Waals surface area contributed by atoms with E-state index in [1.54, 1.807) is 6.21 Å². The van der Waals surface area contributed by atoms with Crippen molar-refractivity contribution in [3.63, 3.8) is 0 Å². The third-order valence-corrected chi connectivity index (χ3v) is 2.29. The number of nitrogens with zero attached hydrogens (tertiary/aromatic N) is 1. The normalized spacial score (nSPS) is 10.6. The third-order valence-electron chi connectivity index (χ3n) is 2.29. The van der Waals surface area contributed by atoms with Crippen molar-refractivity contribution in [3.8, 4) is 0 Å². The van der Waals surface area contributed by atoms with Crippen LogP contribution in [0.4, 0.5) is 0 Å². The molecule has 0 aliphatic carbocycles. The molecule has 2 N–H and O–H groups in total. The first-order valence-electron chi connectivity index (χ1n) is 5.55. The molecule has 0 aliphatic rings. The van der Waals surface area contributed by atoms with Gasteiger partial charge in [0.05, 0.1) is 6.21 Å². The number of benzene rings is 2. The summed E-state index contributed by atoms with van der Waals surface area (Å²) in [4.78, 5) is 0. The lowest BCUT2D eigenvalue weighted by atomic mass is 10.2. The van der Waals surface area contributed by atoms with E-state index in [-0.39, 0.29) is 0 Å². The quantitative estimate of drug-likeness (QED) is 0.465. The number of hydrazone groups is 1. The first kappa shape index (κ1) is 11.4. The first-order chi connectivity index (χ1) is 8.45. The summed E-state index contributed by atoms with van der Waals surface area (Å²) in [7, 11) is 0. The van der Waals surface area contributed by atoms with E-state index < -0.39 is 0 Å². The lowest BCUT2D eigenvalue weighted by Gasteiger charge is -2.02. The maximum atomic E-state index is 4.07. The number of hydrogen-bond acceptors (Lipinski definition) is 3. The zero-order chi connectivity index (χ0) is 11.8. The van der Waals surface area contributed by atoms with E-state index in [4.69, 9.17) is 0 Å². The van der Waals surface area contributed by atoms with Gasteiger partial charge in [-0.2, -0.15) is 5.10 Å². The molecule has 2 aromatic rings. The van der Waals surface area contributed by atoms with Crippen LogP contribution in [0.2, 0.25) is 0 Å². The summed E-state index contributed by atoms with van der Waals surface area (Å²) < 4.78 is 0. The standard InChI is InChI=1S/C14H15N3/c1-3-7-13(8-4-1)11-15-17-16-12-14-9-5-2-6-10-14/h1-11,16-17H,12H2/b15-11+. The Morgan fingerprint density at radius 1 is 0.882 bits per heavy atom. The van der Waals surface area contributed by atoms with Gasteiger partial charge in [-0.15, -0.1) is 0 Å². The fraction of sp³-hybridized carbons (Fsp3) is 0.0714. The molecule has 3 heteroatoms. The van der Waals surface area contributed by atoms with Crippen LogP contribution in [0.3, 0.4) is 0 Å². The number of rotatable bonds is 5. The molecule has 0 heterocycles. The smallest absolute Gasteiger partial charge is 0.0556 e. The van der Waals surface area contributed by atoms with E-state index in [0.717, 1.165) is 12.1 Å². The molecule has 0 fully saturated rings. The van der Waals surface area contributed by atoms with Crippen molar-refractivity contribution in [1.29, 1.82) is 0 Å². The van der Waals surface area contributed by atoms with E-state index >= 15 is 0 Å². The highest BCUT2D eigenvalue weighted by molar-refractivity contribution is 5.79. The van der Waals surface area contributed by atoms with Gasteiger partial charge in [-0.05, 0) is 11.1 Å². The maximum absolute atomic E-state index is 4.07. The van der Waals surface area contributed by atoms with Crippen molar-refractivity contribution in [1.82, 2.24) is 11.0 Å². The van der Waals surface area contributed by atoms with Crippen molar-refractivity contribution in [2.24, 2.45) is 5.10 Å². The molecule has 3 nitrogen and oxygen atoms in total. The van der Waals surface area contributed by atoms with Crippen molar-refractivity contribution < 1.29 is 0 Å². The Bertz CT molecular complexity index is 451. The average molecular weight is 225 g/mol. The maximum Gasteiger partial charge on any atom is 0.0556 e. The molecule has 0 aromatic heterocycles. The second-order valence-electron chi connectivity index (χ2n) is 3.62. The van der Waals surface area contributed by atoms with E-state index in [9.17, 15) is 0 Å². The molecule has 0 spiro atoms. The molecule has 17 heavy (non-hydrogen) atoms. The Morgan fingerprint density at radius 2 is 1.53 bits per heavy atom. The van der Waals surface area contributed by atoms with E-state index in [2.05, 4.69) is 28.2 Å². The van der Waals surface area contributed by atoms with Gasteiger partial charge in [-0.3, -0.25) is 0 Å². The summed E-state index contributed by atoms with van der Waals surface area (Å²) in [5.41, 5.74) is 8.11. The van der Waals surface area contributed by atoms with Crippen LogP contribution in [0.5, 0.6) is 0 Å². The van der Waals surface area contributed by atoms with E-state index in [1.165, 1.54) is 5.56 Å². The van der Waals surface area contributed by atoms with Crippen molar-refractivity contribution in [2.75, 3.05) is 0 Å². The molecular formula is C14H15N3. The van der Waals surface area contributed by atoms with Gasteiger partial charge in [0.1, 0.15) is 0 Å². The summed E-state index contributed by atoms with van der Waals surface area (Å²) in [5.74, 6) is 0. The van der Waals surface area contributed by atoms with Gasteiger partial charge in [0, 0.05) is 6.54 Å². The molecule has 86 valence electrons. The molecule has 0 bridgehead atoms. The summed E-state index contributed by atoms with van der Waals surface area (Å²) >= 11 is 0. The van der Waals surface area contributed by atoms with E-state index in [1.807, 2.05) is 48.5 Å². The van der Waals surface area contributed by atoms with Gasteiger partial charge in [0.2, 0.25) is 0 Å².